The lowest BCUT2D eigenvalue weighted by atomic mass is 9.82. The van der Waals surface area contributed by atoms with Gasteiger partial charge in [0, 0.05) is 22.6 Å². The van der Waals surface area contributed by atoms with Gasteiger partial charge in [0.25, 0.3) is 0 Å². The smallest absolute Gasteiger partial charge is 0.123 e. The van der Waals surface area contributed by atoms with Crippen LogP contribution in [0.2, 0.25) is 0 Å². The molecule has 0 radical (unpaired) electrons. The van der Waals surface area contributed by atoms with Crippen LogP contribution < -0.4 is 4.74 Å². The Labute approximate surface area is 134 Å². The third kappa shape index (κ3) is 2.77. The number of piperidine rings is 1. The van der Waals surface area contributed by atoms with E-state index in [4.69, 9.17) is 9.57 Å². The van der Waals surface area contributed by atoms with Crippen molar-refractivity contribution >= 4 is 0 Å². The van der Waals surface area contributed by atoms with Crippen LogP contribution in [0.15, 0.2) is 24.3 Å². The third-order valence-electron chi connectivity index (χ3n) is 5.25. The summed E-state index contributed by atoms with van der Waals surface area (Å²) in [6.07, 6.45) is 3.74. The van der Waals surface area contributed by atoms with Crippen LogP contribution in [0.4, 0.5) is 0 Å². The Balaban J connectivity index is 1.78. The average Bonchev–Trinajstić information content (AvgIpc) is 2.86. The molecule has 1 fully saturated rings. The molecule has 2 heterocycles. The van der Waals surface area contributed by atoms with Gasteiger partial charge in [0.2, 0.25) is 0 Å². The van der Waals surface area contributed by atoms with Gasteiger partial charge in [-0.05, 0) is 59.9 Å². The van der Waals surface area contributed by atoms with Crippen LogP contribution in [-0.2, 0) is 4.84 Å². The van der Waals surface area contributed by atoms with E-state index in [1.807, 2.05) is 6.07 Å². The van der Waals surface area contributed by atoms with E-state index in [9.17, 15) is 0 Å². The summed E-state index contributed by atoms with van der Waals surface area (Å²) in [6, 6.07) is 8.34. The van der Waals surface area contributed by atoms with Crippen LogP contribution in [0.3, 0.4) is 0 Å². The molecule has 0 bridgehead atoms. The summed E-state index contributed by atoms with van der Waals surface area (Å²) in [5.74, 6) is 1.32. The molecule has 0 spiro atoms. The zero-order valence-corrected chi connectivity index (χ0v) is 14.6. The first kappa shape index (κ1) is 15.8. The Morgan fingerprint density at radius 3 is 2.45 bits per heavy atom. The van der Waals surface area contributed by atoms with Crippen LogP contribution in [0.5, 0.6) is 5.75 Å². The molecule has 3 rings (SSSR count). The third-order valence-corrected chi connectivity index (χ3v) is 5.25. The molecule has 122 valence electrons. The maximum absolute atomic E-state index is 6.52. The summed E-state index contributed by atoms with van der Waals surface area (Å²) in [5.41, 5.74) is 1.44. The number of para-hydroxylation sites is 1. The fraction of sp³-hybridized carbons (Fsp3) is 0.684. The van der Waals surface area contributed by atoms with Crippen molar-refractivity contribution in [3.63, 3.8) is 0 Å². The summed E-state index contributed by atoms with van der Waals surface area (Å²) in [5, 5.41) is 2.26. The fourth-order valence-electron chi connectivity index (χ4n) is 4.08. The van der Waals surface area contributed by atoms with Gasteiger partial charge < -0.3 is 4.74 Å². The molecule has 0 saturated carbocycles. The Kier molecular flexibility index (Phi) is 3.98. The number of hydrogen-bond donors (Lipinski definition) is 0. The molecule has 0 amide bonds. The summed E-state index contributed by atoms with van der Waals surface area (Å²) >= 11 is 0. The van der Waals surface area contributed by atoms with Gasteiger partial charge in [0.15, 0.2) is 0 Å². The topological polar surface area (TPSA) is 21.7 Å². The van der Waals surface area contributed by atoms with Gasteiger partial charge in [0.1, 0.15) is 5.75 Å². The highest BCUT2D eigenvalue weighted by atomic mass is 16.7. The van der Waals surface area contributed by atoms with Gasteiger partial charge >= 0.3 is 0 Å². The molecule has 2 atom stereocenters. The van der Waals surface area contributed by atoms with E-state index in [2.05, 4.69) is 57.9 Å². The molecule has 22 heavy (non-hydrogen) atoms. The highest BCUT2D eigenvalue weighted by Gasteiger charge is 2.44. The molecule has 0 aromatic heterocycles. The van der Waals surface area contributed by atoms with Gasteiger partial charge in [-0.2, -0.15) is 5.06 Å². The highest BCUT2D eigenvalue weighted by molar-refractivity contribution is 5.40. The lowest BCUT2D eigenvalue weighted by Gasteiger charge is -2.52. The van der Waals surface area contributed by atoms with Crippen molar-refractivity contribution in [2.75, 3.05) is 6.61 Å². The normalized spacial score (nSPS) is 28.0. The van der Waals surface area contributed by atoms with Gasteiger partial charge in [-0.1, -0.05) is 18.2 Å². The van der Waals surface area contributed by atoms with Crippen LogP contribution in [0.1, 0.15) is 65.4 Å². The first-order chi connectivity index (χ1) is 10.3. The van der Waals surface area contributed by atoms with E-state index in [0.29, 0.717) is 5.92 Å². The second-order valence-electron chi connectivity index (χ2n) is 8.04. The van der Waals surface area contributed by atoms with E-state index in [-0.39, 0.29) is 17.2 Å². The monoisotopic (exact) mass is 303 g/mol. The minimum atomic E-state index is 0.0784. The molecule has 1 saturated heterocycles. The number of nitrogens with zero attached hydrogens (tertiary/aromatic N) is 1. The number of ether oxygens (including phenoxy) is 1. The van der Waals surface area contributed by atoms with Gasteiger partial charge in [-0.25, -0.2) is 0 Å². The van der Waals surface area contributed by atoms with Gasteiger partial charge in [0.05, 0.1) is 12.7 Å². The Morgan fingerprint density at radius 1 is 1.14 bits per heavy atom. The van der Waals surface area contributed by atoms with Crippen molar-refractivity contribution in [3.05, 3.63) is 29.8 Å². The minimum absolute atomic E-state index is 0.0784. The molecule has 2 aliphatic rings. The molecular formula is C19H29NO2. The molecule has 0 N–H and O–H groups in total. The Bertz CT molecular complexity index is 522. The maximum Gasteiger partial charge on any atom is 0.123 e. The predicted molar refractivity (Wildman–Crippen MR) is 89.1 cm³/mol. The molecule has 3 heteroatoms. The Hall–Kier alpha value is -1.06. The standard InChI is InChI=1S/C19H29NO2/c1-14(16-13-21-17-10-7-6-9-15(16)17)22-20-18(2,3)11-8-12-19(20,4)5/h6-7,9-10,14,16H,8,11-13H2,1-5H3. The van der Waals surface area contributed by atoms with E-state index < -0.39 is 0 Å². The lowest BCUT2D eigenvalue weighted by molar-refractivity contribution is -0.305. The van der Waals surface area contributed by atoms with Crippen molar-refractivity contribution < 1.29 is 9.57 Å². The largest absolute Gasteiger partial charge is 0.493 e. The van der Waals surface area contributed by atoms with Crippen LogP contribution in [0, 0.1) is 0 Å². The van der Waals surface area contributed by atoms with E-state index in [1.165, 1.54) is 24.8 Å². The zero-order valence-electron chi connectivity index (χ0n) is 14.6. The van der Waals surface area contributed by atoms with Crippen molar-refractivity contribution in [2.24, 2.45) is 0 Å². The quantitative estimate of drug-likeness (QED) is 0.819. The molecule has 2 unspecified atom stereocenters. The number of fused-ring (bicyclic) bond motifs is 1. The van der Waals surface area contributed by atoms with E-state index in [1.54, 1.807) is 0 Å². The van der Waals surface area contributed by atoms with Crippen molar-refractivity contribution in [1.29, 1.82) is 0 Å². The van der Waals surface area contributed by atoms with Gasteiger partial charge in [-0.3, -0.25) is 4.84 Å². The molecule has 1 aromatic carbocycles. The SMILES string of the molecule is CC(ON1C(C)(C)CCCC1(C)C)C1COc2ccccc21. The predicted octanol–water partition coefficient (Wildman–Crippen LogP) is 4.53. The van der Waals surface area contributed by atoms with Crippen LogP contribution >= 0.6 is 0 Å². The summed E-state index contributed by atoms with van der Waals surface area (Å²) in [4.78, 5) is 6.52. The van der Waals surface area contributed by atoms with Crippen molar-refractivity contribution in [1.82, 2.24) is 5.06 Å². The lowest BCUT2D eigenvalue weighted by Crippen LogP contribution is -2.59. The molecule has 2 aliphatic heterocycles. The molecular weight excluding hydrogens is 274 g/mol. The number of benzene rings is 1. The second-order valence-corrected chi connectivity index (χ2v) is 8.04. The van der Waals surface area contributed by atoms with E-state index in [0.717, 1.165) is 12.4 Å². The maximum atomic E-state index is 6.52. The summed E-state index contributed by atoms with van der Waals surface area (Å²) < 4.78 is 5.83. The highest BCUT2D eigenvalue weighted by Crippen LogP contribution is 2.42. The van der Waals surface area contributed by atoms with Crippen LogP contribution in [0.25, 0.3) is 0 Å². The summed E-state index contributed by atoms with van der Waals surface area (Å²) in [7, 11) is 0. The molecule has 1 aromatic rings. The fourth-order valence-corrected chi connectivity index (χ4v) is 4.08. The number of rotatable bonds is 3. The zero-order chi connectivity index (χ0) is 16.0. The van der Waals surface area contributed by atoms with Crippen molar-refractivity contribution in [3.8, 4) is 5.75 Å². The first-order valence-electron chi connectivity index (χ1n) is 8.50. The summed E-state index contributed by atoms with van der Waals surface area (Å²) in [6.45, 7) is 12.1. The van der Waals surface area contributed by atoms with Crippen molar-refractivity contribution in [2.45, 2.75) is 77.0 Å². The average molecular weight is 303 g/mol. The van der Waals surface area contributed by atoms with E-state index >= 15 is 0 Å². The molecule has 0 aliphatic carbocycles. The van der Waals surface area contributed by atoms with Gasteiger partial charge in [-0.15, -0.1) is 0 Å². The van der Waals surface area contributed by atoms with Crippen LogP contribution in [-0.4, -0.2) is 28.9 Å². The Morgan fingerprint density at radius 2 is 1.77 bits per heavy atom. The second kappa shape index (κ2) is 5.54. The number of hydrogen-bond acceptors (Lipinski definition) is 3. The first-order valence-corrected chi connectivity index (χ1v) is 8.50. The molecule has 3 nitrogen and oxygen atoms in total. The minimum Gasteiger partial charge on any atom is -0.493 e. The number of hydroxylamine groups is 2.